The summed E-state index contributed by atoms with van der Waals surface area (Å²) in [6.07, 6.45) is 2.21. The second-order valence-electron chi connectivity index (χ2n) is 5.32. The molecule has 0 aliphatic carbocycles. The Morgan fingerprint density at radius 3 is 2.75 bits per heavy atom. The fourth-order valence-electron chi connectivity index (χ4n) is 2.24. The molecule has 1 heterocycles. The highest BCUT2D eigenvalue weighted by Crippen LogP contribution is 2.18. The second-order valence-corrected chi connectivity index (χ2v) is 6.79. The van der Waals surface area contributed by atoms with Crippen molar-refractivity contribution in [2.24, 2.45) is 7.05 Å². The molecular weight excluding hydrogens is 266 g/mol. The average Bonchev–Trinajstić information content (AvgIpc) is 2.79. The lowest BCUT2D eigenvalue weighted by Crippen LogP contribution is -2.31. The summed E-state index contributed by atoms with van der Waals surface area (Å²) in [4.78, 5) is 4.76. The zero-order valence-electron chi connectivity index (χ0n) is 12.9. The van der Waals surface area contributed by atoms with Crippen molar-refractivity contribution in [1.82, 2.24) is 14.9 Å². The fourth-order valence-corrected chi connectivity index (χ4v) is 3.32. The van der Waals surface area contributed by atoms with Crippen LogP contribution in [0.5, 0.6) is 0 Å². The van der Waals surface area contributed by atoms with Crippen LogP contribution in [-0.4, -0.2) is 33.6 Å². The van der Waals surface area contributed by atoms with E-state index in [9.17, 15) is 0 Å². The van der Waals surface area contributed by atoms with Crippen molar-refractivity contribution in [3.63, 3.8) is 0 Å². The highest BCUT2D eigenvalue weighted by atomic mass is 32.2. The van der Waals surface area contributed by atoms with Gasteiger partial charge in [-0.15, -0.1) is 0 Å². The van der Waals surface area contributed by atoms with Gasteiger partial charge in [-0.3, -0.25) is 0 Å². The molecule has 0 fully saturated rings. The van der Waals surface area contributed by atoms with Crippen molar-refractivity contribution in [2.75, 3.05) is 12.8 Å². The van der Waals surface area contributed by atoms with E-state index in [1.54, 1.807) is 0 Å². The molecule has 110 valence electrons. The van der Waals surface area contributed by atoms with Gasteiger partial charge in [-0.1, -0.05) is 26.0 Å². The topological polar surface area (TPSA) is 29.9 Å². The predicted octanol–water partition coefficient (Wildman–Crippen LogP) is 3.24. The molecule has 4 heteroatoms. The van der Waals surface area contributed by atoms with Gasteiger partial charge in [0.1, 0.15) is 5.82 Å². The summed E-state index contributed by atoms with van der Waals surface area (Å²) in [6, 6.07) is 8.81. The van der Waals surface area contributed by atoms with E-state index in [-0.39, 0.29) is 0 Å². The van der Waals surface area contributed by atoms with Crippen LogP contribution in [-0.2, 0) is 13.5 Å². The van der Waals surface area contributed by atoms with Gasteiger partial charge < -0.3 is 9.88 Å². The van der Waals surface area contributed by atoms with E-state index in [4.69, 9.17) is 4.98 Å². The van der Waals surface area contributed by atoms with E-state index in [0.717, 1.165) is 28.8 Å². The molecule has 1 aromatic heterocycles. The van der Waals surface area contributed by atoms with Gasteiger partial charge >= 0.3 is 0 Å². The molecule has 0 bridgehead atoms. The Balaban J connectivity index is 2.07. The predicted molar refractivity (Wildman–Crippen MR) is 89.5 cm³/mol. The molecule has 0 radical (unpaired) electrons. The summed E-state index contributed by atoms with van der Waals surface area (Å²) in [5, 5.41) is 4.16. The highest BCUT2D eigenvalue weighted by Gasteiger charge is 2.14. The average molecular weight is 291 g/mol. The molecule has 20 heavy (non-hydrogen) atoms. The summed E-state index contributed by atoms with van der Waals surface area (Å²) in [5.74, 6) is 2.30. The number of rotatable bonds is 7. The maximum Gasteiger partial charge on any atom is 0.111 e. The molecule has 0 aliphatic heterocycles. The van der Waals surface area contributed by atoms with Crippen LogP contribution in [0, 0.1) is 0 Å². The molecule has 0 saturated heterocycles. The third-order valence-electron chi connectivity index (χ3n) is 3.87. The first-order valence-electron chi connectivity index (χ1n) is 7.34. The van der Waals surface area contributed by atoms with Crippen molar-refractivity contribution < 1.29 is 0 Å². The number of hydrogen-bond acceptors (Lipinski definition) is 3. The molecule has 2 unspecified atom stereocenters. The minimum atomic E-state index is 0.476. The number of likely N-dealkylation sites (N-methyl/N-ethyl adjacent to an activating group) is 1. The van der Waals surface area contributed by atoms with Crippen molar-refractivity contribution in [2.45, 2.75) is 38.0 Å². The number of para-hydroxylation sites is 2. The van der Waals surface area contributed by atoms with E-state index in [1.807, 2.05) is 24.9 Å². The van der Waals surface area contributed by atoms with Crippen LogP contribution in [0.15, 0.2) is 24.3 Å². The molecule has 0 spiro atoms. The number of fused-ring (bicyclic) bond motifs is 1. The summed E-state index contributed by atoms with van der Waals surface area (Å²) < 4.78 is 2.22. The van der Waals surface area contributed by atoms with Gasteiger partial charge in [0.25, 0.3) is 0 Å². The summed E-state index contributed by atoms with van der Waals surface area (Å²) in [6.45, 7) is 4.55. The SMILES string of the molecule is CCC(C)SCC(Cc1nc2ccccc2n1C)NC. The Hall–Kier alpha value is -1.00. The van der Waals surface area contributed by atoms with Crippen LogP contribution in [0.25, 0.3) is 11.0 Å². The number of nitrogens with one attached hydrogen (secondary N) is 1. The van der Waals surface area contributed by atoms with E-state index in [1.165, 1.54) is 11.9 Å². The number of thioether (sulfide) groups is 1. The number of benzene rings is 1. The van der Waals surface area contributed by atoms with Crippen molar-refractivity contribution in [3.05, 3.63) is 30.1 Å². The molecule has 2 atom stereocenters. The van der Waals surface area contributed by atoms with Crippen LogP contribution in [0.2, 0.25) is 0 Å². The monoisotopic (exact) mass is 291 g/mol. The van der Waals surface area contributed by atoms with Gasteiger partial charge in [0.05, 0.1) is 11.0 Å². The standard InChI is InChI=1S/C16H25N3S/c1-5-12(2)20-11-13(17-3)10-16-18-14-8-6-7-9-15(14)19(16)4/h6-9,12-13,17H,5,10-11H2,1-4H3. The van der Waals surface area contributed by atoms with Gasteiger partial charge in [0.2, 0.25) is 0 Å². The van der Waals surface area contributed by atoms with E-state index < -0.39 is 0 Å². The van der Waals surface area contributed by atoms with Gasteiger partial charge in [-0.2, -0.15) is 11.8 Å². The number of nitrogens with zero attached hydrogens (tertiary/aromatic N) is 2. The first-order chi connectivity index (χ1) is 9.65. The van der Waals surface area contributed by atoms with Crippen LogP contribution < -0.4 is 5.32 Å². The maximum absolute atomic E-state index is 4.76. The normalized spacial score (nSPS) is 14.6. The molecule has 3 nitrogen and oxygen atoms in total. The number of imidazole rings is 1. The smallest absolute Gasteiger partial charge is 0.111 e. The minimum absolute atomic E-state index is 0.476. The van der Waals surface area contributed by atoms with Gasteiger partial charge in [0, 0.05) is 30.5 Å². The molecule has 0 aliphatic rings. The second kappa shape index (κ2) is 7.14. The Morgan fingerprint density at radius 2 is 2.10 bits per heavy atom. The Kier molecular flexibility index (Phi) is 5.49. The molecule has 1 aromatic carbocycles. The Bertz CT molecular complexity index is 550. The van der Waals surface area contributed by atoms with E-state index >= 15 is 0 Å². The third kappa shape index (κ3) is 3.55. The minimum Gasteiger partial charge on any atom is -0.331 e. The molecule has 2 rings (SSSR count). The maximum atomic E-state index is 4.76. The van der Waals surface area contributed by atoms with Gasteiger partial charge in [-0.25, -0.2) is 4.98 Å². The summed E-state index contributed by atoms with van der Waals surface area (Å²) >= 11 is 2.04. The van der Waals surface area contributed by atoms with Gasteiger partial charge in [-0.05, 0) is 25.6 Å². The lowest BCUT2D eigenvalue weighted by molar-refractivity contribution is 0.587. The molecule has 0 amide bonds. The van der Waals surface area contributed by atoms with Crippen LogP contribution in [0.1, 0.15) is 26.1 Å². The number of aryl methyl sites for hydroxylation is 1. The Morgan fingerprint density at radius 1 is 1.35 bits per heavy atom. The summed E-state index contributed by atoms with van der Waals surface area (Å²) in [5.41, 5.74) is 2.31. The fraction of sp³-hybridized carbons (Fsp3) is 0.562. The van der Waals surface area contributed by atoms with Crippen molar-refractivity contribution in [1.29, 1.82) is 0 Å². The van der Waals surface area contributed by atoms with Crippen LogP contribution >= 0.6 is 11.8 Å². The molecular formula is C16H25N3S. The third-order valence-corrected chi connectivity index (χ3v) is 5.37. The van der Waals surface area contributed by atoms with Crippen LogP contribution in [0.3, 0.4) is 0 Å². The number of hydrogen-bond donors (Lipinski definition) is 1. The van der Waals surface area contributed by atoms with Crippen LogP contribution in [0.4, 0.5) is 0 Å². The summed E-state index contributed by atoms with van der Waals surface area (Å²) in [7, 11) is 4.16. The first kappa shape index (κ1) is 15.4. The zero-order valence-corrected chi connectivity index (χ0v) is 13.7. The van der Waals surface area contributed by atoms with Crippen molar-refractivity contribution >= 4 is 22.8 Å². The molecule has 1 N–H and O–H groups in total. The zero-order chi connectivity index (χ0) is 14.5. The van der Waals surface area contributed by atoms with Crippen molar-refractivity contribution in [3.8, 4) is 0 Å². The lowest BCUT2D eigenvalue weighted by atomic mass is 10.2. The van der Waals surface area contributed by atoms with Gasteiger partial charge in [0.15, 0.2) is 0 Å². The lowest BCUT2D eigenvalue weighted by Gasteiger charge is -2.17. The number of aromatic nitrogens is 2. The van der Waals surface area contributed by atoms with E-state index in [0.29, 0.717) is 6.04 Å². The largest absolute Gasteiger partial charge is 0.331 e. The molecule has 2 aromatic rings. The van der Waals surface area contributed by atoms with E-state index in [2.05, 4.69) is 49.0 Å². The Labute approximate surface area is 126 Å². The highest BCUT2D eigenvalue weighted by molar-refractivity contribution is 7.99. The molecule has 0 saturated carbocycles. The first-order valence-corrected chi connectivity index (χ1v) is 8.39. The quantitative estimate of drug-likeness (QED) is 0.849.